The highest BCUT2D eigenvalue weighted by atomic mass is 19.1. The van der Waals surface area contributed by atoms with Gasteiger partial charge in [0.05, 0.1) is 23.0 Å². The lowest BCUT2D eigenvalue weighted by Crippen LogP contribution is -2.43. The number of benzene rings is 1. The van der Waals surface area contributed by atoms with Gasteiger partial charge in [-0.2, -0.15) is 0 Å². The zero-order valence-electron chi connectivity index (χ0n) is 23.5. The lowest BCUT2D eigenvalue weighted by atomic mass is 9.89. The first-order chi connectivity index (χ1) is 18.7. The maximum atomic E-state index is 14.4. The third kappa shape index (κ3) is 5.86. The number of piperidine rings is 2. The molecule has 0 radical (unpaired) electrons. The minimum atomic E-state index is -0.424. The second-order valence-electron chi connectivity index (χ2n) is 11.7. The van der Waals surface area contributed by atoms with Gasteiger partial charge in [0, 0.05) is 50.4 Å². The lowest BCUT2D eigenvalue weighted by molar-refractivity contribution is -0.123. The largest absolute Gasteiger partial charge is 0.356 e. The van der Waals surface area contributed by atoms with Crippen LogP contribution in [-0.4, -0.2) is 70.4 Å². The zero-order valence-corrected chi connectivity index (χ0v) is 23.5. The van der Waals surface area contributed by atoms with Crippen molar-refractivity contribution in [3.63, 3.8) is 0 Å². The second-order valence-corrected chi connectivity index (χ2v) is 11.7. The third-order valence-electron chi connectivity index (χ3n) is 8.62. The molecule has 2 aliphatic heterocycles. The summed E-state index contributed by atoms with van der Waals surface area (Å²) in [5.41, 5.74) is 4.32. The van der Waals surface area contributed by atoms with Crippen molar-refractivity contribution in [1.29, 1.82) is 0 Å². The van der Waals surface area contributed by atoms with E-state index < -0.39 is 5.82 Å². The highest BCUT2D eigenvalue weighted by Gasteiger charge is 2.27. The SMILES string of the molecule is Cc1cncc2c1c(CC1CCN(CC3CCC(=O)NC3)CC1)cn2-c1ccc(F)cc1C(=O)N(C)C(C)C. The van der Waals surface area contributed by atoms with Gasteiger partial charge >= 0.3 is 0 Å². The van der Waals surface area contributed by atoms with Gasteiger partial charge in [-0.05, 0) is 101 Å². The van der Waals surface area contributed by atoms with Crippen LogP contribution in [0, 0.1) is 24.6 Å². The minimum Gasteiger partial charge on any atom is -0.356 e. The molecule has 3 aromatic rings. The Hall–Kier alpha value is -3.26. The van der Waals surface area contributed by atoms with Crippen LogP contribution in [0.15, 0.2) is 36.8 Å². The van der Waals surface area contributed by atoms with E-state index in [9.17, 15) is 14.0 Å². The molecule has 2 aromatic heterocycles. The van der Waals surface area contributed by atoms with Crippen LogP contribution in [0.25, 0.3) is 16.6 Å². The molecule has 2 amide bonds. The van der Waals surface area contributed by atoms with Gasteiger partial charge in [0.2, 0.25) is 5.91 Å². The minimum absolute atomic E-state index is 0.00256. The number of likely N-dealkylation sites (tertiary alicyclic amines) is 1. The number of nitrogens with zero attached hydrogens (tertiary/aromatic N) is 4. The first kappa shape index (κ1) is 27.3. The number of hydrogen-bond donors (Lipinski definition) is 1. The fraction of sp³-hybridized carbons (Fsp3) is 0.516. The molecule has 2 fully saturated rings. The average molecular weight is 534 g/mol. The first-order valence-electron chi connectivity index (χ1n) is 14.2. The Kier molecular flexibility index (Phi) is 8.03. The smallest absolute Gasteiger partial charge is 0.256 e. The van der Waals surface area contributed by atoms with E-state index in [1.54, 1.807) is 18.0 Å². The number of amides is 2. The van der Waals surface area contributed by atoms with E-state index in [0.717, 1.165) is 62.9 Å². The monoisotopic (exact) mass is 533 g/mol. The second kappa shape index (κ2) is 11.5. The molecule has 4 heterocycles. The van der Waals surface area contributed by atoms with Gasteiger partial charge in [0.25, 0.3) is 5.91 Å². The lowest BCUT2D eigenvalue weighted by Gasteiger charge is -2.35. The Morgan fingerprint density at radius 3 is 2.64 bits per heavy atom. The molecule has 1 N–H and O–H groups in total. The first-order valence-corrected chi connectivity index (χ1v) is 14.2. The number of hydrogen-bond acceptors (Lipinski definition) is 4. The van der Waals surface area contributed by atoms with Crippen molar-refractivity contribution in [3.05, 3.63) is 59.3 Å². The number of rotatable bonds is 7. The topological polar surface area (TPSA) is 70.5 Å². The van der Waals surface area contributed by atoms with E-state index in [1.807, 2.05) is 30.8 Å². The molecule has 2 saturated heterocycles. The molecule has 7 nitrogen and oxygen atoms in total. The number of halogens is 1. The van der Waals surface area contributed by atoms with Crippen molar-refractivity contribution in [1.82, 2.24) is 24.7 Å². The molecule has 2 aliphatic rings. The highest BCUT2D eigenvalue weighted by Crippen LogP contribution is 2.33. The molecule has 1 atom stereocenters. The number of carbonyl (C=O) groups is 2. The predicted octanol–water partition coefficient (Wildman–Crippen LogP) is 4.73. The van der Waals surface area contributed by atoms with Gasteiger partial charge in [-0.1, -0.05) is 0 Å². The third-order valence-corrected chi connectivity index (χ3v) is 8.62. The van der Waals surface area contributed by atoms with E-state index >= 15 is 0 Å². The molecule has 0 aliphatic carbocycles. The summed E-state index contributed by atoms with van der Waals surface area (Å²) in [6.07, 6.45) is 10.7. The Morgan fingerprint density at radius 1 is 1.18 bits per heavy atom. The van der Waals surface area contributed by atoms with Crippen molar-refractivity contribution in [2.45, 2.75) is 58.9 Å². The Bertz CT molecular complexity index is 1350. The summed E-state index contributed by atoms with van der Waals surface area (Å²) >= 11 is 0. The summed E-state index contributed by atoms with van der Waals surface area (Å²) in [6, 6.07) is 4.47. The van der Waals surface area contributed by atoms with Crippen LogP contribution in [0.4, 0.5) is 4.39 Å². The van der Waals surface area contributed by atoms with Crippen LogP contribution in [-0.2, 0) is 11.2 Å². The molecule has 0 bridgehead atoms. The van der Waals surface area contributed by atoms with Gasteiger partial charge in [-0.3, -0.25) is 14.6 Å². The summed E-state index contributed by atoms with van der Waals surface area (Å²) in [4.78, 5) is 33.5. The van der Waals surface area contributed by atoms with Gasteiger partial charge in [-0.15, -0.1) is 0 Å². The molecular formula is C31H40FN5O2. The standard InChI is InChI=1S/C31H40FN5O2/c1-20(2)35(4)31(39)26-14-25(32)6-7-27(26)37-19-24(30-21(3)15-33-17-28(30)37)13-22-9-11-36(12-10-22)18-23-5-8-29(38)34-16-23/h6-7,14-15,17,19-20,22-23H,5,8-13,16,18H2,1-4H3,(H,34,38). The van der Waals surface area contributed by atoms with Crippen molar-refractivity contribution < 1.29 is 14.0 Å². The van der Waals surface area contributed by atoms with E-state index in [-0.39, 0.29) is 17.9 Å². The number of fused-ring (bicyclic) bond motifs is 1. The number of nitrogens with one attached hydrogen (secondary N) is 1. The molecular weight excluding hydrogens is 493 g/mol. The summed E-state index contributed by atoms with van der Waals surface area (Å²) in [6.45, 7) is 9.99. The van der Waals surface area contributed by atoms with E-state index in [1.165, 1.54) is 23.1 Å². The number of aromatic nitrogens is 2. The zero-order chi connectivity index (χ0) is 27.7. The van der Waals surface area contributed by atoms with E-state index in [2.05, 4.69) is 28.3 Å². The number of aryl methyl sites for hydroxylation is 1. The maximum absolute atomic E-state index is 14.4. The molecule has 5 rings (SSSR count). The predicted molar refractivity (Wildman–Crippen MR) is 152 cm³/mol. The summed E-state index contributed by atoms with van der Waals surface area (Å²) < 4.78 is 16.4. The highest BCUT2D eigenvalue weighted by molar-refractivity contribution is 5.99. The quantitative estimate of drug-likeness (QED) is 0.477. The van der Waals surface area contributed by atoms with E-state index in [4.69, 9.17) is 0 Å². The molecule has 0 saturated carbocycles. The molecule has 0 spiro atoms. The van der Waals surface area contributed by atoms with Crippen molar-refractivity contribution in [3.8, 4) is 5.69 Å². The summed E-state index contributed by atoms with van der Waals surface area (Å²) in [5, 5.41) is 4.18. The van der Waals surface area contributed by atoms with Gasteiger partial charge < -0.3 is 19.7 Å². The Labute approximate surface area is 230 Å². The van der Waals surface area contributed by atoms with Crippen LogP contribution in [0.5, 0.6) is 0 Å². The van der Waals surface area contributed by atoms with Crippen LogP contribution < -0.4 is 5.32 Å². The average Bonchev–Trinajstić information content (AvgIpc) is 3.29. The number of pyridine rings is 1. The molecule has 208 valence electrons. The van der Waals surface area contributed by atoms with Gasteiger partial charge in [-0.25, -0.2) is 4.39 Å². The van der Waals surface area contributed by atoms with Gasteiger partial charge in [0.15, 0.2) is 0 Å². The van der Waals surface area contributed by atoms with Gasteiger partial charge in [0.1, 0.15) is 5.82 Å². The molecule has 8 heteroatoms. The van der Waals surface area contributed by atoms with E-state index in [0.29, 0.717) is 29.5 Å². The number of carbonyl (C=O) groups excluding carboxylic acids is 2. The normalized spacial score (nSPS) is 19.0. The fourth-order valence-electron chi connectivity index (χ4n) is 6.10. The van der Waals surface area contributed by atoms with Crippen LogP contribution in [0.3, 0.4) is 0 Å². The van der Waals surface area contributed by atoms with Crippen LogP contribution in [0.2, 0.25) is 0 Å². The molecule has 39 heavy (non-hydrogen) atoms. The Balaban J connectivity index is 1.38. The summed E-state index contributed by atoms with van der Waals surface area (Å²) in [7, 11) is 1.75. The molecule has 1 unspecified atom stereocenters. The van der Waals surface area contributed by atoms with Crippen molar-refractivity contribution >= 4 is 22.7 Å². The molecule has 1 aromatic carbocycles. The summed E-state index contributed by atoms with van der Waals surface area (Å²) in [5.74, 6) is 0.676. The van der Waals surface area contributed by atoms with Crippen LogP contribution in [0.1, 0.15) is 61.0 Å². The maximum Gasteiger partial charge on any atom is 0.256 e. The fourth-order valence-corrected chi connectivity index (χ4v) is 6.10. The van der Waals surface area contributed by atoms with Crippen molar-refractivity contribution in [2.75, 3.05) is 33.2 Å². The Morgan fingerprint density at radius 2 is 1.95 bits per heavy atom. The van der Waals surface area contributed by atoms with Crippen LogP contribution >= 0.6 is 0 Å². The van der Waals surface area contributed by atoms with Crippen molar-refractivity contribution in [2.24, 2.45) is 11.8 Å².